The van der Waals surface area contributed by atoms with Crippen molar-refractivity contribution < 1.29 is 14.0 Å². The number of furan rings is 1. The Morgan fingerprint density at radius 3 is 2.56 bits per heavy atom. The van der Waals surface area contributed by atoms with Crippen molar-refractivity contribution in [1.29, 1.82) is 0 Å². The highest BCUT2D eigenvalue weighted by atomic mass is 79.9. The Morgan fingerprint density at radius 1 is 1.09 bits per heavy atom. The van der Waals surface area contributed by atoms with Crippen LogP contribution >= 0.6 is 63.1 Å². The number of carbonyl (C=O) groups is 2. The van der Waals surface area contributed by atoms with Crippen LogP contribution in [0.4, 0.5) is 10.5 Å². The highest BCUT2D eigenvalue weighted by Crippen LogP contribution is 2.33. The van der Waals surface area contributed by atoms with Crippen molar-refractivity contribution in [2.45, 2.75) is 0 Å². The molecule has 0 spiro atoms. The zero-order chi connectivity index (χ0) is 22.8. The Bertz CT molecular complexity index is 1260. The molecule has 11 heteroatoms. The number of hydrazine groups is 1. The van der Waals surface area contributed by atoms with Crippen LogP contribution in [0, 0.1) is 0 Å². The van der Waals surface area contributed by atoms with Crippen LogP contribution in [0.2, 0.25) is 10.0 Å². The number of carbonyl (C=O) groups excluding carboxylic acids is 2. The van der Waals surface area contributed by atoms with Crippen molar-refractivity contribution in [1.82, 2.24) is 10.4 Å². The average Bonchev–Trinajstić information content (AvgIpc) is 3.32. The van der Waals surface area contributed by atoms with E-state index in [0.29, 0.717) is 32.2 Å². The lowest BCUT2D eigenvalue weighted by atomic mass is 10.2. The number of thiocarbonyl (C=S) groups is 1. The van der Waals surface area contributed by atoms with E-state index in [-0.39, 0.29) is 4.32 Å². The molecule has 0 bridgehead atoms. The number of benzene rings is 2. The lowest BCUT2D eigenvalue weighted by Gasteiger charge is -2.16. The van der Waals surface area contributed by atoms with Crippen molar-refractivity contribution in [3.63, 3.8) is 0 Å². The molecule has 1 aliphatic heterocycles. The first-order valence-corrected chi connectivity index (χ1v) is 11.7. The summed E-state index contributed by atoms with van der Waals surface area (Å²) in [6, 6.07) is 15.2. The summed E-state index contributed by atoms with van der Waals surface area (Å²) in [5.41, 5.74) is 3.75. The number of hydrogen-bond acceptors (Lipinski definition) is 5. The molecule has 2 N–H and O–H groups in total. The summed E-state index contributed by atoms with van der Waals surface area (Å²) in [6.45, 7) is 0. The van der Waals surface area contributed by atoms with E-state index in [9.17, 15) is 9.59 Å². The minimum atomic E-state index is -0.656. The molecule has 0 atom stereocenters. The fourth-order valence-electron chi connectivity index (χ4n) is 2.73. The van der Waals surface area contributed by atoms with E-state index in [1.165, 1.54) is 6.07 Å². The van der Waals surface area contributed by atoms with Gasteiger partial charge in [0.05, 0.1) is 15.0 Å². The maximum atomic E-state index is 12.7. The molecular weight excluding hydrogens is 557 g/mol. The Kier molecular flexibility index (Phi) is 6.92. The third-order valence-corrected chi connectivity index (χ3v) is 6.78. The van der Waals surface area contributed by atoms with Gasteiger partial charge in [0.1, 0.15) is 11.5 Å². The Hall–Kier alpha value is -2.30. The molecule has 0 aliphatic carbocycles. The summed E-state index contributed by atoms with van der Waals surface area (Å²) in [5.74, 6) is 0.688. The lowest BCUT2D eigenvalue weighted by molar-refractivity contribution is -0.123. The molecule has 3 aromatic rings. The predicted molar refractivity (Wildman–Crippen MR) is 135 cm³/mol. The monoisotopic (exact) mass is 567 g/mol. The average molecular weight is 569 g/mol. The quantitative estimate of drug-likeness (QED) is 0.263. The summed E-state index contributed by atoms with van der Waals surface area (Å²) in [4.78, 5) is 25.4. The number of halogens is 3. The molecule has 162 valence electrons. The number of rotatable bonds is 4. The molecule has 1 fully saturated rings. The number of urea groups is 1. The summed E-state index contributed by atoms with van der Waals surface area (Å²) in [7, 11) is 0. The Labute approximate surface area is 211 Å². The maximum Gasteiger partial charge on any atom is 0.338 e. The second-order valence-corrected chi connectivity index (χ2v) is 9.83. The summed E-state index contributed by atoms with van der Waals surface area (Å²) in [5, 5.41) is 4.22. The van der Waals surface area contributed by atoms with Crippen molar-refractivity contribution in [2.75, 3.05) is 5.32 Å². The molecule has 2 heterocycles. The SMILES string of the molecule is O=C(Nc1ccc(Cl)c(Cl)c1)NN1C(=O)/C(=C\c2ccc(-c3ccc(Br)cc3)o2)SC1=S. The van der Waals surface area contributed by atoms with Crippen LogP contribution in [0.5, 0.6) is 0 Å². The lowest BCUT2D eigenvalue weighted by Crippen LogP contribution is -2.46. The number of anilines is 1. The van der Waals surface area contributed by atoms with Crippen LogP contribution in [0.1, 0.15) is 5.76 Å². The zero-order valence-corrected chi connectivity index (χ0v) is 20.6. The van der Waals surface area contributed by atoms with Gasteiger partial charge in [-0.3, -0.25) is 4.79 Å². The van der Waals surface area contributed by atoms with Crippen molar-refractivity contribution >= 4 is 91.1 Å². The zero-order valence-electron chi connectivity index (χ0n) is 15.9. The highest BCUT2D eigenvalue weighted by molar-refractivity contribution is 9.10. The first kappa shape index (κ1) is 22.9. The van der Waals surface area contributed by atoms with Gasteiger partial charge in [0.25, 0.3) is 5.91 Å². The molecule has 0 unspecified atom stereocenters. The fourth-order valence-corrected chi connectivity index (χ4v) is 4.45. The molecule has 0 radical (unpaired) electrons. The molecule has 1 aromatic heterocycles. The van der Waals surface area contributed by atoms with E-state index >= 15 is 0 Å². The van der Waals surface area contributed by atoms with Crippen LogP contribution in [0.3, 0.4) is 0 Å². The molecule has 1 aliphatic rings. The minimum Gasteiger partial charge on any atom is -0.457 e. The molecule has 4 rings (SSSR count). The summed E-state index contributed by atoms with van der Waals surface area (Å²) >= 11 is 21.5. The third-order valence-electron chi connectivity index (χ3n) is 4.21. The predicted octanol–water partition coefficient (Wildman–Crippen LogP) is 6.95. The van der Waals surface area contributed by atoms with Crippen LogP contribution in [-0.4, -0.2) is 21.3 Å². The molecule has 2 aromatic carbocycles. The van der Waals surface area contributed by atoms with Crippen molar-refractivity contribution in [3.8, 4) is 11.3 Å². The first-order chi connectivity index (χ1) is 15.3. The fraction of sp³-hybridized carbons (Fsp3) is 0. The van der Waals surface area contributed by atoms with Crippen LogP contribution in [0.25, 0.3) is 17.4 Å². The number of thioether (sulfide) groups is 1. The smallest absolute Gasteiger partial charge is 0.338 e. The second kappa shape index (κ2) is 9.68. The van der Waals surface area contributed by atoms with E-state index in [2.05, 4.69) is 26.7 Å². The molecular formula is C21H12BrCl2N3O3S2. The van der Waals surface area contributed by atoms with Gasteiger partial charge < -0.3 is 9.73 Å². The van der Waals surface area contributed by atoms with Gasteiger partial charge in [-0.05, 0) is 54.7 Å². The van der Waals surface area contributed by atoms with Crippen molar-refractivity contribution in [3.05, 3.63) is 79.8 Å². The molecule has 0 saturated carbocycles. The van der Waals surface area contributed by atoms with E-state index in [0.717, 1.165) is 26.8 Å². The highest BCUT2D eigenvalue weighted by Gasteiger charge is 2.34. The summed E-state index contributed by atoms with van der Waals surface area (Å²) in [6.07, 6.45) is 1.58. The summed E-state index contributed by atoms with van der Waals surface area (Å²) < 4.78 is 6.98. The van der Waals surface area contributed by atoms with E-state index in [1.807, 2.05) is 30.3 Å². The van der Waals surface area contributed by atoms with E-state index < -0.39 is 11.9 Å². The van der Waals surface area contributed by atoms with Gasteiger partial charge in [0.2, 0.25) is 0 Å². The van der Waals surface area contributed by atoms with Crippen LogP contribution in [-0.2, 0) is 4.79 Å². The Morgan fingerprint density at radius 2 is 1.84 bits per heavy atom. The van der Waals surface area contributed by atoms with Gasteiger partial charge >= 0.3 is 6.03 Å². The van der Waals surface area contributed by atoms with Gasteiger partial charge in [-0.15, -0.1) is 0 Å². The minimum absolute atomic E-state index is 0.185. The van der Waals surface area contributed by atoms with Crippen LogP contribution in [0.15, 0.2) is 68.4 Å². The molecule has 1 saturated heterocycles. The third kappa shape index (κ3) is 5.19. The second-order valence-electron chi connectivity index (χ2n) is 6.42. The number of nitrogens with zero attached hydrogens (tertiary/aromatic N) is 1. The van der Waals surface area contributed by atoms with Gasteiger partial charge in [0, 0.05) is 21.8 Å². The standard InChI is InChI=1S/C21H12BrCl2N3O3S2/c22-12-3-1-11(2-4-12)17-8-6-14(30-17)10-18-19(28)27(21(31)32-18)26-20(29)25-13-5-7-15(23)16(24)9-13/h1-10H,(H2,25,26,29)/b18-10+. The molecule has 32 heavy (non-hydrogen) atoms. The Balaban J connectivity index is 1.44. The number of amides is 3. The largest absolute Gasteiger partial charge is 0.457 e. The maximum absolute atomic E-state index is 12.7. The first-order valence-electron chi connectivity index (χ1n) is 8.96. The normalized spacial score (nSPS) is 14.8. The van der Waals surface area contributed by atoms with Crippen molar-refractivity contribution in [2.24, 2.45) is 0 Å². The topological polar surface area (TPSA) is 74.6 Å². The van der Waals surface area contributed by atoms with Gasteiger partial charge in [-0.1, -0.05) is 63.0 Å². The number of hydrogen-bond donors (Lipinski definition) is 2. The van der Waals surface area contributed by atoms with E-state index in [4.69, 9.17) is 39.8 Å². The number of nitrogens with one attached hydrogen (secondary N) is 2. The van der Waals surface area contributed by atoms with E-state index in [1.54, 1.807) is 24.3 Å². The van der Waals surface area contributed by atoms with Crippen LogP contribution < -0.4 is 10.7 Å². The van der Waals surface area contributed by atoms with Gasteiger partial charge in [-0.25, -0.2) is 10.2 Å². The van der Waals surface area contributed by atoms with Gasteiger partial charge in [-0.2, -0.15) is 5.01 Å². The molecule has 6 nitrogen and oxygen atoms in total. The molecule has 3 amide bonds. The van der Waals surface area contributed by atoms with Gasteiger partial charge in [0.15, 0.2) is 4.32 Å².